The zero-order valence-corrected chi connectivity index (χ0v) is 12.7. The molecule has 5 heteroatoms. The van der Waals surface area contributed by atoms with E-state index < -0.39 is 0 Å². The average molecular weight is 335 g/mol. The minimum absolute atomic E-state index is 0.0875. The summed E-state index contributed by atoms with van der Waals surface area (Å²) >= 11 is 9.15. The molecule has 0 aromatic heterocycles. The van der Waals surface area contributed by atoms with Crippen LogP contribution in [0.4, 0.5) is 0 Å². The molecule has 0 radical (unpaired) electrons. The van der Waals surface area contributed by atoms with Crippen LogP contribution in [0.15, 0.2) is 18.2 Å². The van der Waals surface area contributed by atoms with Gasteiger partial charge in [0.2, 0.25) is 0 Å². The number of benzene rings is 1. The number of halogens is 2. The Kier molecular flexibility index (Phi) is 7.32. The van der Waals surface area contributed by atoms with Crippen molar-refractivity contribution in [1.29, 1.82) is 0 Å². The van der Waals surface area contributed by atoms with Gasteiger partial charge < -0.3 is 10.1 Å². The summed E-state index contributed by atoms with van der Waals surface area (Å²) in [6.45, 7) is 3.85. The summed E-state index contributed by atoms with van der Waals surface area (Å²) in [5, 5.41) is 4.26. The van der Waals surface area contributed by atoms with Crippen LogP contribution in [-0.4, -0.2) is 31.0 Å². The summed E-state index contributed by atoms with van der Waals surface area (Å²) in [5.74, 6) is -0.0875. The van der Waals surface area contributed by atoms with Gasteiger partial charge in [-0.05, 0) is 31.0 Å². The van der Waals surface area contributed by atoms with Crippen molar-refractivity contribution in [2.24, 2.45) is 0 Å². The lowest BCUT2D eigenvalue weighted by molar-refractivity contribution is 0.0944. The number of nitrogens with one attached hydrogen (secondary N) is 1. The highest BCUT2D eigenvalue weighted by atomic mass is 79.9. The number of alkyl halides is 1. The Bertz CT molecular complexity index is 399. The molecule has 0 atom stereocenters. The summed E-state index contributed by atoms with van der Waals surface area (Å²) in [7, 11) is 0. The van der Waals surface area contributed by atoms with Crippen LogP contribution in [0.2, 0.25) is 5.02 Å². The smallest absolute Gasteiger partial charge is 0.251 e. The number of hydrogen-bond donors (Lipinski definition) is 1. The molecule has 0 saturated heterocycles. The first-order valence-corrected chi connectivity index (χ1v) is 7.33. The fraction of sp³-hybridized carbons (Fsp3) is 0.462. The van der Waals surface area contributed by atoms with Gasteiger partial charge in [0.1, 0.15) is 0 Å². The van der Waals surface area contributed by atoms with Crippen LogP contribution in [0.25, 0.3) is 0 Å². The van der Waals surface area contributed by atoms with E-state index >= 15 is 0 Å². The van der Waals surface area contributed by atoms with E-state index in [1.807, 2.05) is 13.0 Å². The van der Waals surface area contributed by atoms with Gasteiger partial charge in [0, 0.05) is 29.1 Å². The van der Waals surface area contributed by atoms with Crippen LogP contribution in [-0.2, 0) is 4.74 Å². The highest BCUT2D eigenvalue weighted by Crippen LogP contribution is 2.15. The topological polar surface area (TPSA) is 38.3 Å². The maximum atomic E-state index is 11.9. The summed E-state index contributed by atoms with van der Waals surface area (Å²) < 4.78 is 5.29. The van der Waals surface area contributed by atoms with Crippen LogP contribution in [0, 0.1) is 6.92 Å². The number of amides is 1. The van der Waals surface area contributed by atoms with Crippen molar-refractivity contribution in [3.63, 3.8) is 0 Å². The van der Waals surface area contributed by atoms with Crippen molar-refractivity contribution in [2.75, 3.05) is 25.1 Å². The molecule has 3 nitrogen and oxygen atoms in total. The van der Waals surface area contributed by atoms with Crippen molar-refractivity contribution in [3.8, 4) is 0 Å². The third kappa shape index (κ3) is 5.38. The second-order valence-electron chi connectivity index (χ2n) is 3.87. The lowest BCUT2D eigenvalue weighted by Gasteiger charge is -2.08. The average Bonchev–Trinajstić information content (AvgIpc) is 2.36. The lowest BCUT2D eigenvalue weighted by atomic mass is 10.1. The van der Waals surface area contributed by atoms with Gasteiger partial charge in [0.25, 0.3) is 5.91 Å². The van der Waals surface area contributed by atoms with Gasteiger partial charge in [-0.15, -0.1) is 0 Å². The summed E-state index contributed by atoms with van der Waals surface area (Å²) in [6, 6.07) is 5.31. The molecule has 0 unspecified atom stereocenters. The normalized spacial score (nSPS) is 10.4. The molecule has 0 saturated carbocycles. The molecule has 1 N–H and O–H groups in total. The van der Waals surface area contributed by atoms with Crippen LogP contribution < -0.4 is 5.32 Å². The first-order chi connectivity index (χ1) is 8.65. The van der Waals surface area contributed by atoms with Crippen molar-refractivity contribution < 1.29 is 9.53 Å². The predicted octanol–water partition coefficient (Wildman–Crippen LogP) is 3.18. The highest BCUT2D eigenvalue weighted by molar-refractivity contribution is 9.09. The first kappa shape index (κ1) is 15.5. The summed E-state index contributed by atoms with van der Waals surface area (Å²) in [6.07, 6.45) is 0.804. The fourth-order valence-electron chi connectivity index (χ4n) is 1.47. The minimum Gasteiger partial charge on any atom is -0.381 e. The van der Waals surface area contributed by atoms with Gasteiger partial charge in [-0.3, -0.25) is 4.79 Å². The number of carbonyl (C=O) groups is 1. The molecule has 1 amide bonds. The molecule has 1 aromatic carbocycles. The van der Waals surface area contributed by atoms with Gasteiger partial charge in [0.15, 0.2) is 0 Å². The first-order valence-electron chi connectivity index (χ1n) is 5.83. The number of hydrogen-bond acceptors (Lipinski definition) is 2. The highest BCUT2D eigenvalue weighted by Gasteiger charge is 2.08. The van der Waals surface area contributed by atoms with Gasteiger partial charge >= 0.3 is 0 Å². The summed E-state index contributed by atoms with van der Waals surface area (Å²) in [5.41, 5.74) is 1.55. The van der Waals surface area contributed by atoms with E-state index in [2.05, 4.69) is 21.2 Å². The Labute approximate surface area is 121 Å². The Morgan fingerprint density at radius 1 is 1.44 bits per heavy atom. The van der Waals surface area contributed by atoms with Crippen molar-refractivity contribution in [2.45, 2.75) is 13.3 Å². The molecule has 18 heavy (non-hydrogen) atoms. The molecular formula is C13H17BrClNO2. The number of rotatable bonds is 7. The SMILES string of the molecule is Cc1ccc(Cl)cc1C(=O)NCCCOCCBr. The Balaban J connectivity index is 2.34. The number of carbonyl (C=O) groups excluding carboxylic acids is 1. The monoisotopic (exact) mass is 333 g/mol. The maximum Gasteiger partial charge on any atom is 0.251 e. The predicted molar refractivity (Wildman–Crippen MR) is 77.8 cm³/mol. The van der Waals surface area contributed by atoms with Crippen molar-refractivity contribution in [3.05, 3.63) is 34.3 Å². The van der Waals surface area contributed by atoms with Gasteiger partial charge in [-0.1, -0.05) is 33.6 Å². The van der Waals surface area contributed by atoms with E-state index in [-0.39, 0.29) is 5.91 Å². The van der Waals surface area contributed by atoms with E-state index in [1.54, 1.807) is 12.1 Å². The molecule has 0 bridgehead atoms. The molecule has 0 fully saturated rings. The van der Waals surface area contributed by atoms with Crippen LogP contribution >= 0.6 is 27.5 Å². The molecule has 0 aliphatic heterocycles. The molecule has 0 aliphatic carbocycles. The van der Waals surface area contributed by atoms with Crippen molar-refractivity contribution in [1.82, 2.24) is 5.32 Å². The number of aryl methyl sites for hydroxylation is 1. The van der Waals surface area contributed by atoms with Crippen LogP contribution in [0.5, 0.6) is 0 Å². The standard InChI is InChI=1S/C13H17BrClNO2/c1-10-3-4-11(15)9-12(10)13(17)16-6-2-7-18-8-5-14/h3-4,9H,2,5-8H2,1H3,(H,16,17). The van der Waals surface area contributed by atoms with Gasteiger partial charge in [0.05, 0.1) is 6.61 Å². The van der Waals surface area contributed by atoms with Gasteiger partial charge in [-0.25, -0.2) is 0 Å². The van der Waals surface area contributed by atoms with E-state index in [4.69, 9.17) is 16.3 Å². The second kappa shape index (κ2) is 8.51. The molecule has 1 rings (SSSR count). The third-order valence-electron chi connectivity index (χ3n) is 2.42. The maximum absolute atomic E-state index is 11.9. The zero-order chi connectivity index (χ0) is 13.4. The Morgan fingerprint density at radius 2 is 2.22 bits per heavy atom. The second-order valence-corrected chi connectivity index (χ2v) is 5.10. The van der Waals surface area contributed by atoms with E-state index in [1.165, 1.54) is 0 Å². The molecule has 1 aromatic rings. The lowest BCUT2D eigenvalue weighted by Crippen LogP contribution is -2.26. The third-order valence-corrected chi connectivity index (χ3v) is 2.98. The zero-order valence-electron chi connectivity index (χ0n) is 10.3. The molecule has 0 spiro atoms. The Hall–Kier alpha value is -0.580. The molecule has 100 valence electrons. The molecular weight excluding hydrogens is 318 g/mol. The van der Waals surface area contributed by atoms with E-state index in [9.17, 15) is 4.79 Å². The molecule has 0 aliphatic rings. The quantitative estimate of drug-likeness (QED) is 0.614. The van der Waals surface area contributed by atoms with Crippen molar-refractivity contribution >= 4 is 33.4 Å². The van der Waals surface area contributed by atoms with Gasteiger partial charge in [-0.2, -0.15) is 0 Å². The fourth-order valence-corrected chi connectivity index (χ4v) is 1.87. The van der Waals surface area contributed by atoms with E-state index in [0.29, 0.717) is 30.3 Å². The largest absolute Gasteiger partial charge is 0.381 e. The molecule has 0 heterocycles. The van der Waals surface area contributed by atoms with E-state index in [0.717, 1.165) is 17.3 Å². The number of ether oxygens (including phenoxy) is 1. The Morgan fingerprint density at radius 3 is 2.94 bits per heavy atom. The summed E-state index contributed by atoms with van der Waals surface area (Å²) in [4.78, 5) is 11.9. The minimum atomic E-state index is -0.0875. The van der Waals surface area contributed by atoms with Crippen LogP contribution in [0.3, 0.4) is 0 Å². The van der Waals surface area contributed by atoms with Crippen LogP contribution in [0.1, 0.15) is 22.3 Å².